The molecule has 0 aliphatic heterocycles. The van der Waals surface area contributed by atoms with Gasteiger partial charge in [-0.2, -0.15) is 0 Å². The second-order valence-corrected chi connectivity index (χ2v) is 4.13. The molecule has 1 unspecified atom stereocenters. The molecule has 0 aromatic carbocycles. The van der Waals surface area contributed by atoms with E-state index in [4.69, 9.17) is 10.2 Å². The van der Waals surface area contributed by atoms with Crippen molar-refractivity contribution in [3.63, 3.8) is 0 Å². The van der Waals surface area contributed by atoms with Gasteiger partial charge in [0.15, 0.2) is 11.8 Å². The van der Waals surface area contributed by atoms with Crippen molar-refractivity contribution < 1.29 is 24.9 Å². The van der Waals surface area contributed by atoms with Crippen molar-refractivity contribution >= 4 is 17.6 Å². The number of aryl methyl sites for hydroxylation is 1. The highest BCUT2D eigenvalue weighted by molar-refractivity contribution is 5.86. The van der Waals surface area contributed by atoms with E-state index in [1.165, 1.54) is 6.20 Å². The predicted molar refractivity (Wildman–Crippen MR) is 64.1 cm³/mol. The minimum absolute atomic E-state index is 0.0530. The average Bonchev–Trinajstić information content (AvgIpc) is 2.78. The molecule has 2 aromatic heterocycles. The van der Waals surface area contributed by atoms with Crippen LogP contribution in [-0.4, -0.2) is 42.7 Å². The molecule has 7 heteroatoms. The van der Waals surface area contributed by atoms with Crippen LogP contribution in [0.15, 0.2) is 24.5 Å². The van der Waals surface area contributed by atoms with Crippen LogP contribution in [0.25, 0.3) is 5.65 Å². The van der Waals surface area contributed by atoms with Crippen LogP contribution in [0.3, 0.4) is 0 Å². The molecule has 0 amide bonds. The fraction of sp³-hybridized carbons (Fsp3) is 0.250. The molecule has 0 saturated carbocycles. The molecular formula is C12H12N2O5. The zero-order chi connectivity index (χ0) is 14.0. The van der Waals surface area contributed by atoms with Gasteiger partial charge in [0.2, 0.25) is 0 Å². The Bertz CT molecular complexity index is 634. The Balaban J connectivity index is 2.17. The van der Waals surface area contributed by atoms with Gasteiger partial charge < -0.3 is 19.7 Å². The molecular weight excluding hydrogens is 252 g/mol. The van der Waals surface area contributed by atoms with Crippen molar-refractivity contribution in [3.8, 4) is 0 Å². The van der Waals surface area contributed by atoms with E-state index in [9.17, 15) is 14.7 Å². The first kappa shape index (κ1) is 13.0. The minimum atomic E-state index is -1.40. The Hall–Kier alpha value is -2.41. The summed E-state index contributed by atoms with van der Waals surface area (Å²) in [6.45, 7) is 0. The van der Waals surface area contributed by atoms with Crippen LogP contribution in [-0.2, 0) is 11.2 Å². The summed E-state index contributed by atoms with van der Waals surface area (Å²) in [5.74, 6) is -2.36. The lowest BCUT2D eigenvalue weighted by molar-refractivity contribution is -0.146. The zero-order valence-electron chi connectivity index (χ0n) is 9.85. The first-order valence-electron chi connectivity index (χ1n) is 5.59. The molecule has 19 heavy (non-hydrogen) atoms. The summed E-state index contributed by atoms with van der Waals surface area (Å²) >= 11 is 0. The summed E-state index contributed by atoms with van der Waals surface area (Å²) in [7, 11) is 0. The maximum Gasteiger partial charge on any atom is 0.356 e. The van der Waals surface area contributed by atoms with Crippen molar-refractivity contribution in [2.75, 3.05) is 0 Å². The van der Waals surface area contributed by atoms with Gasteiger partial charge in [-0.05, 0) is 24.5 Å². The molecule has 3 N–H and O–H groups in total. The third kappa shape index (κ3) is 2.89. The number of carbonyl (C=O) groups is 2. The molecule has 0 spiro atoms. The average molecular weight is 264 g/mol. The summed E-state index contributed by atoms with van der Waals surface area (Å²) in [5.41, 5.74) is 1.24. The molecule has 0 radical (unpaired) electrons. The number of imidazole rings is 1. The monoisotopic (exact) mass is 264 g/mol. The topological polar surface area (TPSA) is 112 Å². The first-order chi connectivity index (χ1) is 8.97. The number of nitrogens with zero attached hydrogens (tertiary/aromatic N) is 2. The van der Waals surface area contributed by atoms with E-state index in [0.29, 0.717) is 12.1 Å². The lowest BCUT2D eigenvalue weighted by Gasteiger charge is -2.05. The zero-order valence-corrected chi connectivity index (χ0v) is 9.85. The maximum atomic E-state index is 10.8. The number of carboxylic acid groups (broad SMARTS) is 2. The normalized spacial score (nSPS) is 12.5. The van der Waals surface area contributed by atoms with Gasteiger partial charge in [0.25, 0.3) is 0 Å². The third-order valence-electron chi connectivity index (χ3n) is 2.72. The van der Waals surface area contributed by atoms with Crippen molar-refractivity contribution in [2.24, 2.45) is 0 Å². The summed E-state index contributed by atoms with van der Waals surface area (Å²) < 4.78 is 1.56. The van der Waals surface area contributed by atoms with Crippen LogP contribution in [0.5, 0.6) is 0 Å². The second-order valence-electron chi connectivity index (χ2n) is 4.13. The van der Waals surface area contributed by atoms with E-state index >= 15 is 0 Å². The molecule has 0 saturated heterocycles. The third-order valence-corrected chi connectivity index (χ3v) is 2.72. The summed E-state index contributed by atoms with van der Waals surface area (Å²) in [6, 6.07) is 3.37. The smallest absolute Gasteiger partial charge is 0.356 e. The number of aliphatic carboxylic acids is 1. The molecule has 7 nitrogen and oxygen atoms in total. The lowest BCUT2D eigenvalue weighted by Crippen LogP contribution is -2.19. The van der Waals surface area contributed by atoms with E-state index in [-0.39, 0.29) is 12.1 Å². The Morgan fingerprint density at radius 2 is 2.00 bits per heavy atom. The molecule has 0 aliphatic rings. The van der Waals surface area contributed by atoms with Crippen LogP contribution < -0.4 is 0 Å². The van der Waals surface area contributed by atoms with Crippen molar-refractivity contribution in [1.82, 2.24) is 9.38 Å². The lowest BCUT2D eigenvalue weighted by atomic mass is 10.1. The second kappa shape index (κ2) is 5.07. The summed E-state index contributed by atoms with van der Waals surface area (Å²) in [5, 5.41) is 26.6. The number of aromatic carboxylic acids is 1. The number of rotatable bonds is 5. The molecule has 100 valence electrons. The number of pyridine rings is 1. The van der Waals surface area contributed by atoms with Crippen LogP contribution in [0, 0.1) is 0 Å². The largest absolute Gasteiger partial charge is 0.479 e. The number of aliphatic hydroxyl groups is 1. The van der Waals surface area contributed by atoms with Gasteiger partial charge in [-0.25, -0.2) is 14.6 Å². The number of hydrogen-bond acceptors (Lipinski definition) is 4. The number of aliphatic hydroxyl groups excluding tert-OH is 1. The first-order valence-corrected chi connectivity index (χ1v) is 5.59. The summed E-state index contributed by atoms with van der Waals surface area (Å²) in [4.78, 5) is 25.1. The molecule has 0 bridgehead atoms. The SMILES string of the molecule is O=C(O)c1cn2cc(CCC(O)C(=O)O)ccc2n1. The van der Waals surface area contributed by atoms with Gasteiger partial charge >= 0.3 is 11.9 Å². The molecule has 2 aromatic rings. The Morgan fingerprint density at radius 1 is 1.26 bits per heavy atom. The molecule has 1 atom stereocenters. The summed E-state index contributed by atoms with van der Waals surface area (Å²) in [6.07, 6.45) is 2.14. The highest BCUT2D eigenvalue weighted by atomic mass is 16.4. The number of carboxylic acids is 2. The van der Waals surface area contributed by atoms with E-state index < -0.39 is 18.0 Å². The number of hydrogen-bond donors (Lipinski definition) is 3. The van der Waals surface area contributed by atoms with Crippen LogP contribution in [0.4, 0.5) is 0 Å². The maximum absolute atomic E-state index is 10.8. The van der Waals surface area contributed by atoms with Crippen molar-refractivity contribution in [1.29, 1.82) is 0 Å². The van der Waals surface area contributed by atoms with Gasteiger partial charge in [-0.3, -0.25) is 0 Å². The molecule has 2 rings (SSSR count). The predicted octanol–water partition coefficient (Wildman–Crippen LogP) is 0.411. The van der Waals surface area contributed by atoms with Crippen molar-refractivity contribution in [3.05, 3.63) is 35.8 Å². The Kier molecular flexibility index (Phi) is 3.48. The van der Waals surface area contributed by atoms with Gasteiger partial charge in [-0.15, -0.1) is 0 Å². The Morgan fingerprint density at radius 3 is 2.63 bits per heavy atom. The molecule has 0 fully saturated rings. The van der Waals surface area contributed by atoms with E-state index in [1.54, 1.807) is 22.7 Å². The van der Waals surface area contributed by atoms with Crippen LogP contribution >= 0.6 is 0 Å². The minimum Gasteiger partial charge on any atom is -0.479 e. The highest BCUT2D eigenvalue weighted by Crippen LogP contribution is 2.10. The van der Waals surface area contributed by atoms with E-state index in [2.05, 4.69) is 4.98 Å². The van der Waals surface area contributed by atoms with Gasteiger partial charge in [0.05, 0.1) is 0 Å². The van der Waals surface area contributed by atoms with Crippen molar-refractivity contribution in [2.45, 2.75) is 18.9 Å². The standard InChI is InChI=1S/C12H12N2O5/c15-9(12(18)19)3-1-7-2-4-10-13-8(11(16)17)6-14(10)5-7/h2,4-6,9,15H,1,3H2,(H,16,17)(H,18,19). The van der Waals surface area contributed by atoms with Gasteiger partial charge in [0, 0.05) is 12.4 Å². The fourth-order valence-corrected chi connectivity index (χ4v) is 1.72. The van der Waals surface area contributed by atoms with Crippen LogP contribution in [0.2, 0.25) is 0 Å². The molecule has 2 heterocycles. The van der Waals surface area contributed by atoms with Crippen LogP contribution in [0.1, 0.15) is 22.5 Å². The highest BCUT2D eigenvalue weighted by Gasteiger charge is 2.13. The number of fused-ring (bicyclic) bond motifs is 1. The Labute approximate surface area is 107 Å². The fourth-order valence-electron chi connectivity index (χ4n) is 1.72. The molecule has 0 aliphatic carbocycles. The van der Waals surface area contributed by atoms with Gasteiger partial charge in [0.1, 0.15) is 5.65 Å². The van der Waals surface area contributed by atoms with Gasteiger partial charge in [-0.1, -0.05) is 6.07 Å². The van der Waals surface area contributed by atoms with E-state index in [0.717, 1.165) is 5.56 Å². The number of aromatic nitrogens is 2. The quantitative estimate of drug-likeness (QED) is 0.721. The van der Waals surface area contributed by atoms with E-state index in [1.807, 2.05) is 0 Å².